The van der Waals surface area contributed by atoms with Crippen molar-refractivity contribution in [3.63, 3.8) is 0 Å². The molecule has 0 aromatic heterocycles. The fraction of sp³-hybridized carbons (Fsp3) is 0.857. The summed E-state index contributed by atoms with van der Waals surface area (Å²) in [6.07, 6.45) is 0. The normalized spacial score (nSPS) is 12.8. The number of rotatable bonds is 8. The molecule has 0 radical (unpaired) electrons. The van der Waals surface area contributed by atoms with Crippen LogP contribution in [0, 0.1) is 0 Å². The number of aliphatic hydroxyl groups is 1. The Bertz CT molecular complexity index is 144. The molecule has 6 heteroatoms. The standard InChI is InChI=1S/C7H15NO4S/c8-6(7(10)11)5-13-4-3-12-2-1-9/h6,9H,1-5,8H2,(H,10,11). The Hall–Kier alpha value is -0.300. The van der Waals surface area contributed by atoms with Gasteiger partial charge in [-0.1, -0.05) is 0 Å². The van der Waals surface area contributed by atoms with Gasteiger partial charge in [-0.2, -0.15) is 11.8 Å². The summed E-state index contributed by atoms with van der Waals surface area (Å²) in [5.41, 5.74) is 5.26. The molecule has 78 valence electrons. The number of hydrogen-bond donors (Lipinski definition) is 3. The van der Waals surface area contributed by atoms with E-state index in [0.717, 1.165) is 0 Å². The Kier molecular flexibility index (Phi) is 8.11. The highest BCUT2D eigenvalue weighted by molar-refractivity contribution is 7.99. The first-order valence-corrected chi connectivity index (χ1v) is 5.08. The molecule has 0 aromatic carbocycles. The van der Waals surface area contributed by atoms with Crippen molar-refractivity contribution in [1.29, 1.82) is 0 Å². The molecule has 0 rings (SSSR count). The number of thioether (sulfide) groups is 1. The van der Waals surface area contributed by atoms with Gasteiger partial charge >= 0.3 is 5.97 Å². The molecule has 0 amide bonds. The minimum Gasteiger partial charge on any atom is -0.480 e. The lowest BCUT2D eigenvalue weighted by molar-refractivity contribution is -0.137. The van der Waals surface area contributed by atoms with E-state index in [1.807, 2.05) is 0 Å². The zero-order chi connectivity index (χ0) is 10.1. The number of carbonyl (C=O) groups is 1. The topological polar surface area (TPSA) is 92.8 Å². The van der Waals surface area contributed by atoms with Gasteiger partial charge < -0.3 is 20.7 Å². The average molecular weight is 209 g/mol. The SMILES string of the molecule is NC(CSCCOCCO)C(=O)O. The number of nitrogens with two attached hydrogens (primary N) is 1. The summed E-state index contributed by atoms with van der Waals surface area (Å²) in [7, 11) is 0. The third-order valence-electron chi connectivity index (χ3n) is 1.22. The molecule has 0 fully saturated rings. The van der Waals surface area contributed by atoms with Crippen molar-refractivity contribution in [3.05, 3.63) is 0 Å². The molecule has 5 nitrogen and oxygen atoms in total. The van der Waals surface area contributed by atoms with E-state index in [0.29, 0.717) is 24.7 Å². The number of aliphatic hydroxyl groups excluding tert-OH is 1. The molecule has 4 N–H and O–H groups in total. The van der Waals surface area contributed by atoms with Crippen LogP contribution in [0.3, 0.4) is 0 Å². The van der Waals surface area contributed by atoms with Crippen LogP contribution in [0.4, 0.5) is 0 Å². The lowest BCUT2D eigenvalue weighted by atomic mass is 10.4. The zero-order valence-corrected chi connectivity index (χ0v) is 8.13. The van der Waals surface area contributed by atoms with E-state index in [9.17, 15) is 4.79 Å². The highest BCUT2D eigenvalue weighted by atomic mass is 32.2. The van der Waals surface area contributed by atoms with Crippen molar-refractivity contribution >= 4 is 17.7 Å². The van der Waals surface area contributed by atoms with Gasteiger partial charge in [0.2, 0.25) is 0 Å². The molecule has 0 heterocycles. The second kappa shape index (κ2) is 8.31. The Morgan fingerprint density at radius 1 is 1.54 bits per heavy atom. The van der Waals surface area contributed by atoms with E-state index in [1.165, 1.54) is 11.8 Å². The Labute approximate surface area is 81.3 Å². The van der Waals surface area contributed by atoms with Crippen molar-refractivity contribution < 1.29 is 19.7 Å². The summed E-state index contributed by atoms with van der Waals surface area (Å²) in [5.74, 6) is 0.0995. The third kappa shape index (κ3) is 8.04. The van der Waals surface area contributed by atoms with Crippen LogP contribution in [0.25, 0.3) is 0 Å². The Morgan fingerprint density at radius 2 is 2.23 bits per heavy atom. The van der Waals surface area contributed by atoms with Gasteiger partial charge in [-0.15, -0.1) is 0 Å². The second-order valence-electron chi connectivity index (χ2n) is 2.36. The molecule has 0 saturated carbocycles. The van der Waals surface area contributed by atoms with Crippen molar-refractivity contribution in [2.45, 2.75) is 6.04 Å². The summed E-state index contributed by atoms with van der Waals surface area (Å²) >= 11 is 1.43. The van der Waals surface area contributed by atoms with E-state index in [2.05, 4.69) is 0 Å². The average Bonchev–Trinajstić information content (AvgIpc) is 2.10. The maximum atomic E-state index is 10.3. The quantitative estimate of drug-likeness (QED) is 0.450. The predicted octanol–water partition coefficient (Wildman–Crippen LogP) is -0.860. The third-order valence-corrected chi connectivity index (χ3v) is 2.27. The van der Waals surface area contributed by atoms with Gasteiger partial charge in [0, 0.05) is 11.5 Å². The maximum Gasteiger partial charge on any atom is 0.321 e. The fourth-order valence-electron chi connectivity index (χ4n) is 0.566. The number of hydrogen-bond acceptors (Lipinski definition) is 5. The van der Waals surface area contributed by atoms with E-state index >= 15 is 0 Å². The van der Waals surface area contributed by atoms with E-state index < -0.39 is 12.0 Å². The van der Waals surface area contributed by atoms with Crippen molar-refractivity contribution in [3.8, 4) is 0 Å². The highest BCUT2D eigenvalue weighted by Crippen LogP contribution is 2.01. The van der Waals surface area contributed by atoms with E-state index in [4.69, 9.17) is 20.7 Å². The van der Waals surface area contributed by atoms with Gasteiger partial charge in [0.1, 0.15) is 6.04 Å². The van der Waals surface area contributed by atoms with Gasteiger partial charge in [-0.05, 0) is 0 Å². The zero-order valence-electron chi connectivity index (χ0n) is 7.31. The number of carboxylic acids is 1. The van der Waals surface area contributed by atoms with Crippen LogP contribution in [0.2, 0.25) is 0 Å². The molecule has 0 bridgehead atoms. The van der Waals surface area contributed by atoms with Crippen LogP contribution in [-0.2, 0) is 9.53 Å². The fourth-order valence-corrected chi connectivity index (χ4v) is 1.36. The van der Waals surface area contributed by atoms with Crippen molar-refractivity contribution in [1.82, 2.24) is 0 Å². The van der Waals surface area contributed by atoms with Crippen LogP contribution < -0.4 is 5.73 Å². The summed E-state index contributed by atoms with van der Waals surface area (Å²) in [4.78, 5) is 10.3. The van der Waals surface area contributed by atoms with Gasteiger partial charge in [-0.3, -0.25) is 4.79 Å². The lowest BCUT2D eigenvalue weighted by Gasteiger charge is -2.05. The van der Waals surface area contributed by atoms with Gasteiger partial charge in [0.05, 0.1) is 19.8 Å². The highest BCUT2D eigenvalue weighted by Gasteiger charge is 2.10. The maximum absolute atomic E-state index is 10.3. The van der Waals surface area contributed by atoms with Crippen LogP contribution in [0.15, 0.2) is 0 Å². The molecule has 0 spiro atoms. The van der Waals surface area contributed by atoms with Crippen LogP contribution >= 0.6 is 11.8 Å². The van der Waals surface area contributed by atoms with Gasteiger partial charge in [0.15, 0.2) is 0 Å². The van der Waals surface area contributed by atoms with Gasteiger partial charge in [0.25, 0.3) is 0 Å². The van der Waals surface area contributed by atoms with Crippen LogP contribution in [0.5, 0.6) is 0 Å². The van der Waals surface area contributed by atoms with Gasteiger partial charge in [-0.25, -0.2) is 0 Å². The summed E-state index contributed by atoms with van der Waals surface area (Å²) in [5, 5.41) is 16.8. The number of carboxylic acid groups (broad SMARTS) is 1. The second-order valence-corrected chi connectivity index (χ2v) is 3.51. The Balaban J connectivity index is 3.11. The Morgan fingerprint density at radius 3 is 2.77 bits per heavy atom. The first-order valence-electron chi connectivity index (χ1n) is 3.93. The molecule has 1 unspecified atom stereocenters. The van der Waals surface area contributed by atoms with Crippen molar-refractivity contribution in [2.75, 3.05) is 31.3 Å². The molecule has 0 aromatic rings. The number of aliphatic carboxylic acids is 1. The lowest BCUT2D eigenvalue weighted by Crippen LogP contribution is -2.32. The molecule has 0 aliphatic rings. The summed E-state index contributed by atoms with van der Waals surface area (Å²) in [6.45, 7) is 0.850. The van der Waals surface area contributed by atoms with E-state index in [-0.39, 0.29) is 6.61 Å². The van der Waals surface area contributed by atoms with Crippen molar-refractivity contribution in [2.24, 2.45) is 5.73 Å². The molecular formula is C7H15NO4S. The molecule has 1 atom stereocenters. The first kappa shape index (κ1) is 12.7. The molecule has 13 heavy (non-hydrogen) atoms. The summed E-state index contributed by atoms with van der Waals surface area (Å²) in [6, 6.07) is -0.803. The molecular weight excluding hydrogens is 194 g/mol. The summed E-state index contributed by atoms with van der Waals surface area (Å²) < 4.78 is 4.97. The predicted molar refractivity (Wildman–Crippen MR) is 50.8 cm³/mol. The first-order chi connectivity index (χ1) is 6.18. The molecule has 0 aliphatic carbocycles. The monoisotopic (exact) mass is 209 g/mol. The van der Waals surface area contributed by atoms with E-state index in [1.54, 1.807) is 0 Å². The smallest absolute Gasteiger partial charge is 0.321 e. The minimum absolute atomic E-state index is 0.0132. The molecule has 0 saturated heterocycles. The van der Waals surface area contributed by atoms with Crippen LogP contribution in [0.1, 0.15) is 0 Å². The molecule has 0 aliphatic heterocycles. The van der Waals surface area contributed by atoms with Crippen LogP contribution in [-0.4, -0.2) is 53.6 Å². The largest absolute Gasteiger partial charge is 0.480 e. The minimum atomic E-state index is -0.983. The number of ether oxygens (including phenoxy) is 1.